The van der Waals surface area contributed by atoms with Gasteiger partial charge in [-0.2, -0.15) is 0 Å². The van der Waals surface area contributed by atoms with E-state index in [9.17, 15) is 10.1 Å². The van der Waals surface area contributed by atoms with Gasteiger partial charge in [0, 0.05) is 30.1 Å². The number of nitro benzene ring substituents is 1. The van der Waals surface area contributed by atoms with Crippen LogP contribution in [0.3, 0.4) is 0 Å². The number of hydrogen-bond acceptors (Lipinski definition) is 5. The van der Waals surface area contributed by atoms with Crippen LogP contribution in [0.25, 0.3) is 0 Å². The van der Waals surface area contributed by atoms with E-state index in [0.29, 0.717) is 12.4 Å². The Morgan fingerprint density at radius 3 is 3.00 bits per heavy atom. The molecule has 6 heteroatoms. The van der Waals surface area contributed by atoms with Crippen LogP contribution in [-0.4, -0.2) is 29.6 Å². The highest BCUT2D eigenvalue weighted by molar-refractivity contribution is 7.99. The molecule has 1 rings (SSSR count). The van der Waals surface area contributed by atoms with E-state index >= 15 is 0 Å². The van der Waals surface area contributed by atoms with Gasteiger partial charge in [0.2, 0.25) is 0 Å². The van der Waals surface area contributed by atoms with Crippen molar-refractivity contribution in [2.45, 2.75) is 6.92 Å². The van der Waals surface area contributed by atoms with Crippen molar-refractivity contribution in [3.63, 3.8) is 0 Å². The summed E-state index contributed by atoms with van der Waals surface area (Å²) in [5.74, 6) is 4.41. The van der Waals surface area contributed by atoms with Crippen LogP contribution < -0.4 is 10.1 Å². The number of hydrogen-bond donors (Lipinski definition) is 1. The maximum Gasteiger partial charge on any atom is 0.311 e. The molecule has 0 radical (unpaired) electrons. The van der Waals surface area contributed by atoms with E-state index in [1.807, 2.05) is 0 Å². The molecule has 0 saturated carbocycles. The molecule has 0 atom stereocenters. The molecule has 0 spiro atoms. The summed E-state index contributed by atoms with van der Waals surface area (Å²) in [7, 11) is 0. The molecule has 102 valence electrons. The molecule has 0 amide bonds. The Kier molecular flexibility index (Phi) is 6.61. The summed E-state index contributed by atoms with van der Waals surface area (Å²) in [6.45, 7) is 2.93. The third-order valence-corrected chi connectivity index (χ3v) is 3.08. The van der Waals surface area contributed by atoms with Gasteiger partial charge in [0.15, 0.2) is 5.75 Å². The van der Waals surface area contributed by atoms with E-state index < -0.39 is 4.92 Å². The first kappa shape index (κ1) is 15.2. The number of nitrogens with one attached hydrogen (secondary N) is 1. The second-order valence-corrected chi connectivity index (χ2v) is 4.66. The van der Waals surface area contributed by atoms with E-state index in [2.05, 4.69) is 11.2 Å². The average Bonchev–Trinajstić information content (AvgIpc) is 2.39. The molecular weight excluding hydrogens is 264 g/mol. The summed E-state index contributed by atoms with van der Waals surface area (Å²) in [6.07, 6.45) is 5.15. The molecule has 0 aliphatic rings. The number of rotatable bonds is 8. The van der Waals surface area contributed by atoms with Crippen molar-refractivity contribution in [3.8, 4) is 18.1 Å². The van der Waals surface area contributed by atoms with E-state index in [4.69, 9.17) is 11.2 Å². The summed E-state index contributed by atoms with van der Waals surface area (Å²) in [5, 5.41) is 14.0. The van der Waals surface area contributed by atoms with Gasteiger partial charge in [-0.3, -0.25) is 10.1 Å². The molecule has 0 fully saturated rings. The summed E-state index contributed by atoms with van der Waals surface area (Å²) in [5.41, 5.74) is 0.782. The molecule has 19 heavy (non-hydrogen) atoms. The van der Waals surface area contributed by atoms with Crippen molar-refractivity contribution in [2.75, 3.05) is 30.0 Å². The molecular formula is C13H16N2O3S. The van der Waals surface area contributed by atoms with E-state index in [1.165, 1.54) is 6.07 Å². The van der Waals surface area contributed by atoms with Crippen molar-refractivity contribution in [2.24, 2.45) is 0 Å². The van der Waals surface area contributed by atoms with Crippen LogP contribution in [0, 0.1) is 22.5 Å². The number of anilines is 1. The minimum atomic E-state index is -0.447. The lowest BCUT2D eigenvalue weighted by molar-refractivity contribution is -0.385. The first-order valence-electron chi connectivity index (χ1n) is 5.85. The van der Waals surface area contributed by atoms with Crippen LogP contribution in [0.1, 0.15) is 6.92 Å². The van der Waals surface area contributed by atoms with Gasteiger partial charge in [0.25, 0.3) is 0 Å². The van der Waals surface area contributed by atoms with Gasteiger partial charge in [0.1, 0.15) is 0 Å². The Morgan fingerprint density at radius 2 is 2.37 bits per heavy atom. The SMILES string of the molecule is C#CCSCCNc1ccc([N+](=O)[O-])c(OCC)c1. The third kappa shape index (κ3) is 5.10. The molecule has 0 saturated heterocycles. The summed E-state index contributed by atoms with van der Waals surface area (Å²) in [6, 6.07) is 4.77. The van der Waals surface area contributed by atoms with E-state index in [-0.39, 0.29) is 11.4 Å². The van der Waals surface area contributed by atoms with Crippen molar-refractivity contribution in [1.82, 2.24) is 0 Å². The lowest BCUT2D eigenvalue weighted by atomic mass is 10.2. The fourth-order valence-electron chi connectivity index (χ4n) is 1.44. The zero-order valence-corrected chi connectivity index (χ0v) is 11.5. The van der Waals surface area contributed by atoms with E-state index in [1.54, 1.807) is 30.8 Å². The first-order valence-corrected chi connectivity index (χ1v) is 7.00. The van der Waals surface area contributed by atoms with Gasteiger partial charge in [-0.05, 0) is 13.0 Å². The predicted octanol–water partition coefficient (Wildman–Crippen LogP) is 2.77. The molecule has 0 bridgehead atoms. The summed E-state index contributed by atoms with van der Waals surface area (Å²) in [4.78, 5) is 10.4. The van der Waals surface area contributed by atoms with E-state index in [0.717, 1.165) is 18.0 Å². The maximum absolute atomic E-state index is 10.8. The smallest absolute Gasteiger partial charge is 0.311 e. The zero-order chi connectivity index (χ0) is 14.1. The molecule has 0 aromatic heterocycles. The van der Waals surface area contributed by atoms with Crippen molar-refractivity contribution in [1.29, 1.82) is 0 Å². The van der Waals surface area contributed by atoms with Crippen molar-refractivity contribution < 1.29 is 9.66 Å². The normalized spacial score (nSPS) is 9.68. The number of benzene rings is 1. The Bertz CT molecular complexity index is 471. The van der Waals surface area contributed by atoms with Gasteiger partial charge in [-0.15, -0.1) is 18.2 Å². The number of terminal acetylenes is 1. The van der Waals surface area contributed by atoms with Crippen LogP contribution >= 0.6 is 11.8 Å². The molecule has 0 aliphatic carbocycles. The largest absolute Gasteiger partial charge is 0.487 e. The molecule has 1 N–H and O–H groups in total. The minimum absolute atomic E-state index is 0.0193. The maximum atomic E-state index is 10.8. The third-order valence-electron chi connectivity index (χ3n) is 2.22. The second-order valence-electron chi connectivity index (χ2n) is 3.56. The topological polar surface area (TPSA) is 64.4 Å². The quantitative estimate of drug-likeness (QED) is 0.343. The Morgan fingerprint density at radius 1 is 1.58 bits per heavy atom. The molecule has 5 nitrogen and oxygen atoms in total. The highest BCUT2D eigenvalue weighted by atomic mass is 32.2. The second kappa shape index (κ2) is 8.27. The Hall–Kier alpha value is -1.87. The van der Waals surface area contributed by atoms with Gasteiger partial charge >= 0.3 is 5.69 Å². The molecule has 0 unspecified atom stereocenters. The van der Waals surface area contributed by atoms with Crippen molar-refractivity contribution >= 4 is 23.1 Å². The Labute approximate surface area is 116 Å². The van der Waals surface area contributed by atoms with Crippen LogP contribution in [0.4, 0.5) is 11.4 Å². The monoisotopic (exact) mass is 280 g/mol. The minimum Gasteiger partial charge on any atom is -0.487 e. The predicted molar refractivity (Wildman–Crippen MR) is 78.9 cm³/mol. The van der Waals surface area contributed by atoms with Crippen molar-refractivity contribution in [3.05, 3.63) is 28.3 Å². The Balaban J connectivity index is 2.62. The molecule has 0 heterocycles. The number of nitrogens with zero attached hydrogens (tertiary/aromatic N) is 1. The highest BCUT2D eigenvalue weighted by Crippen LogP contribution is 2.30. The number of thioether (sulfide) groups is 1. The van der Waals surface area contributed by atoms with Crippen LogP contribution in [0.2, 0.25) is 0 Å². The number of nitro groups is 1. The lowest BCUT2D eigenvalue weighted by Gasteiger charge is -2.09. The van der Waals surface area contributed by atoms with Crippen LogP contribution in [0.15, 0.2) is 18.2 Å². The van der Waals surface area contributed by atoms with Crippen LogP contribution in [0.5, 0.6) is 5.75 Å². The fraction of sp³-hybridized carbons (Fsp3) is 0.385. The highest BCUT2D eigenvalue weighted by Gasteiger charge is 2.14. The first-order chi connectivity index (χ1) is 9.19. The molecule has 1 aromatic rings. The van der Waals surface area contributed by atoms with Gasteiger partial charge in [0.05, 0.1) is 17.3 Å². The summed E-state index contributed by atoms with van der Waals surface area (Å²) < 4.78 is 5.27. The fourth-order valence-corrected chi connectivity index (χ4v) is 1.95. The lowest BCUT2D eigenvalue weighted by Crippen LogP contribution is -2.05. The average molecular weight is 280 g/mol. The van der Waals surface area contributed by atoms with Gasteiger partial charge in [-0.25, -0.2) is 0 Å². The summed E-state index contributed by atoms with van der Waals surface area (Å²) >= 11 is 1.66. The molecule has 1 aromatic carbocycles. The molecule has 0 aliphatic heterocycles. The standard InChI is InChI=1S/C13H16N2O3S/c1-3-8-19-9-7-14-11-5-6-12(15(16)17)13(10-11)18-4-2/h1,5-6,10,14H,4,7-9H2,2H3. The van der Waals surface area contributed by atoms with Gasteiger partial charge < -0.3 is 10.1 Å². The van der Waals surface area contributed by atoms with Gasteiger partial charge in [-0.1, -0.05) is 5.92 Å². The number of ether oxygens (including phenoxy) is 1. The zero-order valence-electron chi connectivity index (χ0n) is 10.7. The van der Waals surface area contributed by atoms with Crippen LogP contribution in [-0.2, 0) is 0 Å².